The molecule has 116 valence electrons. The molecule has 1 unspecified atom stereocenters. The Hall–Kier alpha value is -1.80. The number of nitrogens with zero attached hydrogens (tertiary/aromatic N) is 1. The maximum atomic E-state index is 12.7. The maximum Gasteiger partial charge on any atom is 0.324 e. The van der Waals surface area contributed by atoms with E-state index in [4.69, 9.17) is 5.73 Å². The second kappa shape index (κ2) is 5.90. The molecule has 1 heterocycles. The van der Waals surface area contributed by atoms with Crippen LogP contribution in [0.2, 0.25) is 0 Å². The molecule has 1 aliphatic heterocycles. The van der Waals surface area contributed by atoms with Gasteiger partial charge in [0.25, 0.3) is 0 Å². The average Bonchev–Trinajstić information content (AvgIpc) is 2.49. The van der Waals surface area contributed by atoms with Crippen LogP contribution in [-0.4, -0.2) is 43.5 Å². The van der Waals surface area contributed by atoms with Gasteiger partial charge in [-0.2, -0.15) is 4.31 Å². The molecule has 7 nitrogen and oxygen atoms in total. The third kappa shape index (κ3) is 2.96. The highest BCUT2D eigenvalue weighted by molar-refractivity contribution is 7.89. The molecular weight excluding hydrogens is 296 g/mol. The lowest BCUT2D eigenvalue weighted by Gasteiger charge is -2.32. The van der Waals surface area contributed by atoms with Gasteiger partial charge in [-0.3, -0.25) is 4.79 Å². The maximum absolute atomic E-state index is 12.7. The summed E-state index contributed by atoms with van der Waals surface area (Å²) in [6.07, 6.45) is 1.88. The van der Waals surface area contributed by atoms with Crippen molar-refractivity contribution in [2.24, 2.45) is 0 Å². The highest BCUT2D eigenvalue weighted by Crippen LogP contribution is 2.29. The number of hydrogen-bond donors (Lipinski definition) is 2. The zero-order valence-electron chi connectivity index (χ0n) is 11.7. The zero-order chi connectivity index (χ0) is 15.6. The average molecular weight is 314 g/mol. The number of anilines is 1. The van der Waals surface area contributed by atoms with Gasteiger partial charge in [-0.25, -0.2) is 8.42 Å². The first-order valence-corrected chi connectivity index (χ1v) is 8.00. The summed E-state index contributed by atoms with van der Waals surface area (Å²) in [5.41, 5.74) is 5.52. The van der Waals surface area contributed by atoms with Crippen LogP contribution in [0.1, 0.15) is 19.3 Å². The number of carbonyl (C=O) groups excluding carboxylic acids is 1. The molecule has 0 radical (unpaired) electrons. The fourth-order valence-corrected chi connectivity index (χ4v) is 4.08. The number of nitrogen functional groups attached to an aromatic ring is 1. The van der Waals surface area contributed by atoms with Crippen molar-refractivity contribution in [3.05, 3.63) is 18.2 Å². The molecule has 0 bridgehead atoms. The lowest BCUT2D eigenvalue weighted by Crippen LogP contribution is -2.48. The molecule has 1 atom stereocenters. The van der Waals surface area contributed by atoms with Crippen molar-refractivity contribution < 1.29 is 23.1 Å². The number of benzene rings is 1. The quantitative estimate of drug-likeness (QED) is 0.482. The second-order valence-corrected chi connectivity index (χ2v) is 6.76. The van der Waals surface area contributed by atoms with E-state index in [1.54, 1.807) is 0 Å². The minimum Gasteiger partial charge on any atom is -0.506 e. The first-order valence-electron chi connectivity index (χ1n) is 6.56. The van der Waals surface area contributed by atoms with E-state index in [-0.39, 0.29) is 22.9 Å². The Morgan fingerprint density at radius 1 is 1.43 bits per heavy atom. The molecule has 0 amide bonds. The van der Waals surface area contributed by atoms with Gasteiger partial charge < -0.3 is 15.6 Å². The Kier molecular flexibility index (Phi) is 4.38. The van der Waals surface area contributed by atoms with Crippen LogP contribution >= 0.6 is 0 Å². The number of methoxy groups -OCH3 is 1. The van der Waals surface area contributed by atoms with Gasteiger partial charge >= 0.3 is 5.97 Å². The van der Waals surface area contributed by atoms with E-state index in [9.17, 15) is 18.3 Å². The number of esters is 1. The standard InChI is InChI=1S/C13H18N2O5S/c1-20-13(17)11-4-2-3-7-15(11)21(18,19)9-5-6-12(16)10(14)8-9/h5-6,8,11,16H,2-4,7,14H2,1H3. The number of rotatable bonds is 3. The molecule has 21 heavy (non-hydrogen) atoms. The van der Waals surface area contributed by atoms with Crippen molar-refractivity contribution in [2.75, 3.05) is 19.4 Å². The molecule has 2 rings (SSSR count). The van der Waals surface area contributed by atoms with Crippen molar-refractivity contribution in [3.63, 3.8) is 0 Å². The predicted molar refractivity (Wildman–Crippen MR) is 76.1 cm³/mol. The molecule has 1 aromatic rings. The molecule has 1 saturated heterocycles. The van der Waals surface area contributed by atoms with E-state index in [2.05, 4.69) is 4.74 Å². The first-order chi connectivity index (χ1) is 9.87. The predicted octanol–water partition coefficient (Wildman–Crippen LogP) is 0.691. The van der Waals surface area contributed by atoms with Gasteiger partial charge in [-0.05, 0) is 37.5 Å². The van der Waals surface area contributed by atoms with E-state index in [0.29, 0.717) is 12.8 Å². The highest BCUT2D eigenvalue weighted by atomic mass is 32.2. The van der Waals surface area contributed by atoms with Crippen LogP contribution in [0.15, 0.2) is 23.1 Å². The summed E-state index contributed by atoms with van der Waals surface area (Å²) in [7, 11) is -2.63. The fourth-order valence-electron chi connectivity index (χ4n) is 2.39. The molecule has 0 spiro atoms. The van der Waals surface area contributed by atoms with E-state index in [1.807, 2.05) is 0 Å². The van der Waals surface area contributed by atoms with E-state index < -0.39 is 22.0 Å². The molecule has 0 saturated carbocycles. The molecule has 1 fully saturated rings. The number of aromatic hydroxyl groups is 1. The van der Waals surface area contributed by atoms with Crippen LogP contribution in [0.25, 0.3) is 0 Å². The number of hydrogen-bond acceptors (Lipinski definition) is 6. The largest absolute Gasteiger partial charge is 0.506 e. The molecule has 1 aliphatic rings. The molecule has 8 heteroatoms. The third-order valence-electron chi connectivity index (χ3n) is 3.53. The van der Waals surface area contributed by atoms with Gasteiger partial charge in [-0.1, -0.05) is 0 Å². The minimum atomic E-state index is -3.86. The summed E-state index contributed by atoms with van der Waals surface area (Å²) in [4.78, 5) is 11.7. The van der Waals surface area contributed by atoms with Crippen LogP contribution in [0.5, 0.6) is 5.75 Å². The number of phenols is 1. The summed E-state index contributed by atoms with van der Waals surface area (Å²) in [6, 6.07) is 2.86. The van der Waals surface area contributed by atoms with Crippen LogP contribution in [-0.2, 0) is 19.6 Å². The fraction of sp³-hybridized carbons (Fsp3) is 0.462. The lowest BCUT2D eigenvalue weighted by molar-refractivity contribution is -0.146. The lowest BCUT2D eigenvalue weighted by atomic mass is 10.1. The summed E-state index contributed by atoms with van der Waals surface area (Å²) in [5, 5.41) is 9.39. The topological polar surface area (TPSA) is 110 Å². The van der Waals surface area contributed by atoms with Crippen molar-refractivity contribution in [2.45, 2.75) is 30.2 Å². The van der Waals surface area contributed by atoms with Crippen LogP contribution < -0.4 is 5.73 Å². The van der Waals surface area contributed by atoms with Crippen LogP contribution in [0.3, 0.4) is 0 Å². The van der Waals surface area contributed by atoms with Crippen LogP contribution in [0.4, 0.5) is 5.69 Å². The van der Waals surface area contributed by atoms with Gasteiger partial charge in [0.05, 0.1) is 17.7 Å². The highest BCUT2D eigenvalue weighted by Gasteiger charge is 2.38. The summed E-state index contributed by atoms with van der Waals surface area (Å²) < 4.78 is 31.2. The Balaban J connectivity index is 2.40. The molecule has 0 aromatic heterocycles. The van der Waals surface area contributed by atoms with Gasteiger partial charge in [0.15, 0.2) is 0 Å². The summed E-state index contributed by atoms with van der Waals surface area (Å²) >= 11 is 0. The Bertz CT molecular complexity index is 644. The van der Waals surface area contributed by atoms with Gasteiger partial charge in [-0.15, -0.1) is 0 Å². The Morgan fingerprint density at radius 2 is 2.14 bits per heavy atom. The first kappa shape index (κ1) is 15.6. The number of nitrogens with two attached hydrogens (primary N) is 1. The number of ether oxygens (including phenoxy) is 1. The normalized spacial score (nSPS) is 20.1. The van der Waals surface area contributed by atoms with E-state index in [1.165, 1.54) is 25.3 Å². The van der Waals surface area contributed by atoms with Crippen molar-refractivity contribution in [3.8, 4) is 5.75 Å². The number of phenolic OH excluding ortho intramolecular Hbond substituents is 1. The van der Waals surface area contributed by atoms with Crippen LogP contribution in [0, 0.1) is 0 Å². The summed E-state index contributed by atoms with van der Waals surface area (Å²) in [6.45, 7) is 0.253. The minimum absolute atomic E-state index is 0.0253. The van der Waals surface area contributed by atoms with Crippen molar-refractivity contribution >= 4 is 21.7 Å². The molecule has 3 N–H and O–H groups in total. The Labute approximate surface area is 123 Å². The van der Waals surface area contributed by atoms with Crippen molar-refractivity contribution in [1.29, 1.82) is 0 Å². The number of sulfonamides is 1. The van der Waals surface area contributed by atoms with E-state index in [0.717, 1.165) is 10.7 Å². The number of piperidine rings is 1. The summed E-state index contributed by atoms with van der Waals surface area (Å²) in [5.74, 6) is -0.748. The smallest absolute Gasteiger partial charge is 0.324 e. The Morgan fingerprint density at radius 3 is 2.76 bits per heavy atom. The van der Waals surface area contributed by atoms with Gasteiger partial charge in [0.1, 0.15) is 11.8 Å². The van der Waals surface area contributed by atoms with Gasteiger partial charge in [0.2, 0.25) is 10.0 Å². The zero-order valence-corrected chi connectivity index (χ0v) is 12.5. The molecular formula is C13H18N2O5S. The van der Waals surface area contributed by atoms with Crippen molar-refractivity contribution in [1.82, 2.24) is 4.31 Å². The van der Waals surface area contributed by atoms with Gasteiger partial charge in [0, 0.05) is 6.54 Å². The number of carbonyl (C=O) groups is 1. The monoisotopic (exact) mass is 314 g/mol. The SMILES string of the molecule is COC(=O)C1CCCCN1S(=O)(=O)c1ccc(O)c(N)c1. The third-order valence-corrected chi connectivity index (χ3v) is 5.44. The van der Waals surface area contributed by atoms with E-state index >= 15 is 0 Å². The molecule has 1 aromatic carbocycles. The molecule has 0 aliphatic carbocycles. The second-order valence-electron chi connectivity index (χ2n) is 4.87.